The Labute approximate surface area is 316 Å². The van der Waals surface area contributed by atoms with Crippen LogP contribution in [0.5, 0.6) is 5.88 Å². The molecule has 54 heavy (non-hydrogen) atoms. The molecular formula is C33H48N4O16S. The summed E-state index contributed by atoms with van der Waals surface area (Å²) >= 11 is 0.896. The van der Waals surface area contributed by atoms with Crippen LogP contribution in [-0.4, -0.2) is 143 Å². The second-order valence-corrected chi connectivity index (χ2v) is 13.6. The summed E-state index contributed by atoms with van der Waals surface area (Å²) < 4.78 is 50.3. The zero-order valence-corrected chi connectivity index (χ0v) is 32.8. The Balaban J connectivity index is 2.25. The van der Waals surface area contributed by atoms with E-state index in [0.717, 1.165) is 39.4 Å². The maximum Gasteiger partial charge on any atom is 0.379 e. The van der Waals surface area contributed by atoms with Crippen molar-refractivity contribution in [2.75, 3.05) is 44.4 Å². The molecule has 0 radical (unpaired) electrons. The standard InChI is InChI=1S/C33H48N4O16S/c1-17(48-22(6)38)25(40)32(45)52-20(4)30(43)50-18(2)28(41)37(33(8,9)10)15-24(53-31(44)21(5)51-29(42)19(3)49-23(7)39)16-47-27-26(34-54-35-27)36-11-13-46-14-12-36/h17-21,24H,11-16H2,1-10H3/t17?,18?,19?,20?,21?,24-/m0/s1. The van der Waals surface area contributed by atoms with Crippen LogP contribution in [0.1, 0.15) is 69.2 Å². The van der Waals surface area contributed by atoms with Crippen LogP contribution in [0.4, 0.5) is 5.82 Å². The molecule has 1 aliphatic heterocycles. The molecule has 1 saturated heterocycles. The number of aromatic nitrogens is 2. The van der Waals surface area contributed by atoms with Gasteiger partial charge in [0.15, 0.2) is 36.6 Å². The van der Waals surface area contributed by atoms with Crippen LogP contribution >= 0.6 is 11.7 Å². The largest absolute Gasteiger partial charge is 0.470 e. The van der Waals surface area contributed by atoms with Crippen molar-refractivity contribution < 1.29 is 76.3 Å². The van der Waals surface area contributed by atoms with Crippen LogP contribution in [0.15, 0.2) is 0 Å². The minimum absolute atomic E-state index is 0.137. The molecule has 1 aliphatic rings. The number of carbonyl (C=O) groups excluding carboxylic acids is 8. The molecule has 1 aromatic rings. The number of rotatable bonds is 18. The summed E-state index contributed by atoms with van der Waals surface area (Å²) in [5, 5.41) is 0. The third-order valence-electron chi connectivity index (χ3n) is 7.37. The van der Waals surface area contributed by atoms with Gasteiger partial charge in [0.1, 0.15) is 6.61 Å². The van der Waals surface area contributed by atoms with E-state index < -0.39 is 89.7 Å². The van der Waals surface area contributed by atoms with Crippen LogP contribution in [0.2, 0.25) is 0 Å². The topological polar surface area (TPSA) is 243 Å². The first kappa shape index (κ1) is 45.2. The minimum atomic E-state index is -1.63. The number of hydrogen-bond donors (Lipinski definition) is 0. The van der Waals surface area contributed by atoms with Crippen molar-refractivity contribution in [1.82, 2.24) is 13.6 Å². The van der Waals surface area contributed by atoms with Crippen LogP contribution in [0, 0.1) is 0 Å². The van der Waals surface area contributed by atoms with E-state index in [1.54, 1.807) is 20.8 Å². The number of amides is 1. The molecule has 0 spiro atoms. The third-order valence-corrected chi connectivity index (χ3v) is 7.87. The quantitative estimate of drug-likeness (QED) is 0.112. The van der Waals surface area contributed by atoms with Crippen molar-refractivity contribution in [2.24, 2.45) is 0 Å². The second-order valence-electron chi connectivity index (χ2n) is 13.1. The number of ketones is 1. The fourth-order valence-corrected chi connectivity index (χ4v) is 5.10. The predicted octanol–water partition coefficient (Wildman–Crippen LogP) is 0.560. The molecule has 0 bridgehead atoms. The lowest BCUT2D eigenvalue weighted by molar-refractivity contribution is -0.181. The number of hydrogen-bond acceptors (Lipinski definition) is 20. The highest BCUT2D eigenvalue weighted by atomic mass is 32.1. The lowest BCUT2D eigenvalue weighted by atomic mass is 10.0. The van der Waals surface area contributed by atoms with Gasteiger partial charge in [-0.05, 0) is 55.4 Å². The van der Waals surface area contributed by atoms with Crippen molar-refractivity contribution >= 4 is 65.1 Å². The molecule has 0 saturated carbocycles. The normalized spacial score (nSPS) is 16.2. The molecule has 1 fully saturated rings. The van der Waals surface area contributed by atoms with Crippen LogP contribution in [-0.2, 0) is 71.5 Å². The molecule has 6 atom stereocenters. The number of carbonyl (C=O) groups is 8. The van der Waals surface area contributed by atoms with Gasteiger partial charge in [0.05, 0.1) is 31.5 Å². The van der Waals surface area contributed by atoms with Crippen LogP contribution in [0.3, 0.4) is 0 Å². The van der Waals surface area contributed by atoms with Gasteiger partial charge in [-0.25, -0.2) is 19.2 Å². The maximum atomic E-state index is 13.8. The van der Waals surface area contributed by atoms with E-state index in [4.69, 9.17) is 33.2 Å². The van der Waals surface area contributed by atoms with Crippen LogP contribution in [0.25, 0.3) is 0 Å². The summed E-state index contributed by atoms with van der Waals surface area (Å²) in [6.45, 7) is 14.5. The summed E-state index contributed by atoms with van der Waals surface area (Å²) in [4.78, 5) is 102. The summed E-state index contributed by atoms with van der Waals surface area (Å²) in [7, 11) is 0. The zero-order valence-electron chi connectivity index (χ0n) is 31.9. The van der Waals surface area contributed by atoms with Gasteiger partial charge in [-0.3, -0.25) is 19.2 Å². The van der Waals surface area contributed by atoms with Gasteiger partial charge < -0.3 is 47.7 Å². The lowest BCUT2D eigenvalue weighted by Crippen LogP contribution is -2.54. The number of ether oxygens (including phenoxy) is 8. The molecule has 5 unspecified atom stereocenters. The molecule has 2 rings (SSSR count). The van der Waals surface area contributed by atoms with E-state index in [0.29, 0.717) is 32.1 Å². The van der Waals surface area contributed by atoms with E-state index in [2.05, 4.69) is 13.5 Å². The van der Waals surface area contributed by atoms with Crippen molar-refractivity contribution in [3.63, 3.8) is 0 Å². The monoisotopic (exact) mass is 788 g/mol. The Morgan fingerprint density at radius 3 is 1.78 bits per heavy atom. The first-order valence-electron chi connectivity index (χ1n) is 16.9. The van der Waals surface area contributed by atoms with Gasteiger partial charge in [-0.2, -0.15) is 4.37 Å². The van der Waals surface area contributed by atoms with Crippen molar-refractivity contribution in [1.29, 1.82) is 0 Å². The molecule has 20 nitrogen and oxygen atoms in total. The lowest BCUT2D eigenvalue weighted by Gasteiger charge is -2.39. The minimum Gasteiger partial charge on any atom is -0.470 e. The molecule has 21 heteroatoms. The third kappa shape index (κ3) is 14.1. The molecule has 0 N–H and O–H groups in total. The molecule has 0 aliphatic carbocycles. The van der Waals surface area contributed by atoms with Gasteiger partial charge in [0, 0.05) is 32.5 Å². The van der Waals surface area contributed by atoms with E-state index in [1.165, 1.54) is 25.7 Å². The van der Waals surface area contributed by atoms with Crippen molar-refractivity contribution in [3.05, 3.63) is 0 Å². The Morgan fingerprint density at radius 2 is 1.22 bits per heavy atom. The van der Waals surface area contributed by atoms with E-state index >= 15 is 0 Å². The average molecular weight is 789 g/mol. The summed E-state index contributed by atoms with van der Waals surface area (Å²) in [6, 6.07) is 0. The molecule has 2 heterocycles. The second kappa shape index (κ2) is 20.5. The van der Waals surface area contributed by atoms with Gasteiger partial charge in [-0.15, -0.1) is 4.37 Å². The highest BCUT2D eigenvalue weighted by Crippen LogP contribution is 2.27. The fourth-order valence-electron chi connectivity index (χ4n) is 4.58. The van der Waals surface area contributed by atoms with E-state index in [1.807, 2.05) is 4.90 Å². The Bertz CT molecular complexity index is 1520. The first-order chi connectivity index (χ1) is 25.1. The number of nitrogens with zero attached hydrogens (tertiary/aromatic N) is 4. The highest BCUT2D eigenvalue weighted by molar-refractivity contribution is 6.99. The predicted molar refractivity (Wildman–Crippen MR) is 184 cm³/mol. The molecule has 302 valence electrons. The molecular weight excluding hydrogens is 740 g/mol. The number of anilines is 1. The first-order valence-corrected chi connectivity index (χ1v) is 17.7. The van der Waals surface area contributed by atoms with E-state index in [9.17, 15) is 38.4 Å². The Kier molecular flexibility index (Phi) is 17.2. The van der Waals surface area contributed by atoms with Crippen molar-refractivity contribution in [2.45, 2.75) is 111 Å². The van der Waals surface area contributed by atoms with E-state index in [-0.39, 0.29) is 19.0 Å². The molecule has 1 aromatic heterocycles. The van der Waals surface area contributed by atoms with Crippen molar-refractivity contribution in [3.8, 4) is 5.88 Å². The number of esters is 6. The fraction of sp³-hybridized carbons (Fsp3) is 0.697. The van der Waals surface area contributed by atoms with Crippen LogP contribution < -0.4 is 9.64 Å². The van der Waals surface area contributed by atoms with Gasteiger partial charge in [0.25, 0.3) is 17.6 Å². The molecule has 1 amide bonds. The highest BCUT2D eigenvalue weighted by Gasteiger charge is 2.37. The summed E-state index contributed by atoms with van der Waals surface area (Å²) in [5.74, 6) is -7.58. The Morgan fingerprint density at radius 1 is 0.722 bits per heavy atom. The summed E-state index contributed by atoms with van der Waals surface area (Å²) in [6.07, 6.45) is -8.59. The van der Waals surface area contributed by atoms with Gasteiger partial charge >= 0.3 is 35.8 Å². The maximum absolute atomic E-state index is 13.8. The Hall–Kier alpha value is -4.92. The smallest absolute Gasteiger partial charge is 0.379 e. The number of morpholine rings is 1. The van der Waals surface area contributed by atoms with Gasteiger partial charge in [0.2, 0.25) is 5.82 Å². The average Bonchev–Trinajstić information content (AvgIpc) is 3.56. The molecule has 0 aromatic carbocycles. The zero-order chi connectivity index (χ0) is 40.9. The number of Topliss-reactive ketones (excluding diaryl/α,β-unsaturated/α-hetero) is 1. The van der Waals surface area contributed by atoms with Gasteiger partial charge in [-0.1, -0.05) is 0 Å². The SMILES string of the molecule is CC(=O)OC(C)C(=O)OC(C)C(=O)O[C@H](COc1nsnc1N1CCOCC1)CN(C(=O)C(C)OC(=O)C(C)OC(=O)C(=O)C(C)OC(C)=O)C(C)(C)C. The summed E-state index contributed by atoms with van der Waals surface area (Å²) in [5.41, 5.74) is -0.988.